The molecule has 0 amide bonds. The van der Waals surface area contributed by atoms with E-state index in [4.69, 9.17) is 5.11 Å². The summed E-state index contributed by atoms with van der Waals surface area (Å²) in [6.07, 6.45) is 1.27. The van der Waals surface area contributed by atoms with Crippen molar-refractivity contribution in [1.82, 2.24) is 5.10 Å². The highest BCUT2D eigenvalue weighted by Gasteiger charge is 2.10. The number of hydrogen-bond acceptors (Lipinski definition) is 4. The maximum atomic E-state index is 10.9. The van der Waals surface area contributed by atoms with Crippen LogP contribution in [-0.2, 0) is 0 Å². The number of carbonyl (C=O) groups is 1. The van der Waals surface area contributed by atoms with Crippen LogP contribution in [0.25, 0.3) is 10.6 Å². The molecule has 0 fully saturated rings. The number of aromatic nitrogens is 2. The Hall–Kier alpha value is -1.95. The molecule has 0 aliphatic heterocycles. The molecule has 1 N–H and O–H groups in total. The Morgan fingerprint density at radius 3 is 2.87 bits per heavy atom. The Morgan fingerprint density at radius 1 is 1.47 bits per heavy atom. The number of hydrogen-bond donors (Lipinski definition) is 1. The molecule has 0 radical (unpaired) electrons. The fourth-order valence-electron chi connectivity index (χ4n) is 1.10. The first-order valence-electron chi connectivity index (χ1n) is 4.07. The zero-order valence-electron chi connectivity index (χ0n) is 7.45. The summed E-state index contributed by atoms with van der Waals surface area (Å²) in [5.41, 5.74) is 0.477. The maximum absolute atomic E-state index is 10.9. The average Bonchev–Trinajstić information content (AvgIpc) is 2.66. The molecule has 15 heavy (non-hydrogen) atoms. The minimum absolute atomic E-state index is 0.230. The molecular formula is C9H6N2O3S. The molecule has 0 atom stereocenters. The lowest BCUT2D eigenvalue weighted by molar-refractivity contribution is -0.668. The van der Waals surface area contributed by atoms with Crippen LogP contribution in [0, 0.1) is 5.21 Å². The maximum Gasteiger partial charge on any atom is 0.345 e. The number of nitrogens with zero attached hydrogens (tertiary/aromatic N) is 2. The Morgan fingerprint density at radius 2 is 2.27 bits per heavy atom. The highest BCUT2D eigenvalue weighted by atomic mass is 32.1. The zero-order valence-corrected chi connectivity index (χ0v) is 8.27. The molecule has 2 aromatic rings. The zero-order chi connectivity index (χ0) is 10.8. The van der Waals surface area contributed by atoms with E-state index in [0.717, 1.165) is 11.3 Å². The summed E-state index contributed by atoms with van der Waals surface area (Å²) in [6, 6.07) is 6.35. The largest absolute Gasteiger partial charge is 0.594 e. The number of carboxylic acid groups (broad SMARTS) is 1. The Balaban J connectivity index is 2.41. The average molecular weight is 222 g/mol. The van der Waals surface area contributed by atoms with E-state index < -0.39 is 5.97 Å². The fourth-order valence-corrected chi connectivity index (χ4v) is 1.91. The van der Waals surface area contributed by atoms with Crippen LogP contribution in [0.2, 0.25) is 0 Å². The SMILES string of the molecule is O=C(O)c1ccc(-c2ccc[n+]([O-])n2)s1. The Labute approximate surface area is 88.8 Å². The first kappa shape index (κ1) is 9.60. The molecule has 2 rings (SSSR count). The van der Waals surface area contributed by atoms with Crippen LogP contribution < -0.4 is 4.85 Å². The van der Waals surface area contributed by atoms with Crippen LogP contribution in [0.5, 0.6) is 0 Å². The third-order valence-corrected chi connectivity index (χ3v) is 2.84. The Kier molecular flexibility index (Phi) is 2.34. The van der Waals surface area contributed by atoms with Gasteiger partial charge in [-0.15, -0.1) is 11.3 Å². The van der Waals surface area contributed by atoms with Crippen LogP contribution in [-0.4, -0.2) is 16.2 Å². The second-order valence-electron chi connectivity index (χ2n) is 2.77. The van der Waals surface area contributed by atoms with E-state index in [1.54, 1.807) is 18.2 Å². The van der Waals surface area contributed by atoms with Crippen molar-refractivity contribution < 1.29 is 14.7 Å². The molecule has 6 heteroatoms. The van der Waals surface area contributed by atoms with Crippen LogP contribution >= 0.6 is 11.3 Å². The quantitative estimate of drug-likeness (QED) is 0.610. The van der Waals surface area contributed by atoms with E-state index in [-0.39, 0.29) is 4.88 Å². The number of thiophene rings is 1. The summed E-state index contributed by atoms with van der Waals surface area (Å²) < 4.78 is 0. The summed E-state index contributed by atoms with van der Waals surface area (Å²) in [7, 11) is 0. The van der Waals surface area contributed by atoms with Crippen molar-refractivity contribution in [3.05, 3.63) is 40.5 Å². The lowest BCUT2D eigenvalue weighted by Crippen LogP contribution is -2.30. The molecule has 0 bridgehead atoms. The normalized spacial score (nSPS) is 10.1. The van der Waals surface area contributed by atoms with E-state index in [9.17, 15) is 10.0 Å². The second-order valence-corrected chi connectivity index (χ2v) is 3.85. The third-order valence-electron chi connectivity index (χ3n) is 1.74. The smallest absolute Gasteiger partial charge is 0.345 e. The van der Waals surface area contributed by atoms with Crippen LogP contribution in [0.4, 0.5) is 0 Å². The summed E-state index contributed by atoms with van der Waals surface area (Å²) in [4.78, 5) is 12.0. The van der Waals surface area contributed by atoms with Gasteiger partial charge in [-0.05, 0) is 18.2 Å². The molecule has 0 spiro atoms. The van der Waals surface area contributed by atoms with Crippen LogP contribution in [0.15, 0.2) is 30.5 Å². The standard InChI is InChI=1S/C9H6N2O3S/c12-9(13)8-4-3-7(15-8)6-2-1-5-11(14)10-6/h1-5H,(H,12,13). The van der Waals surface area contributed by atoms with E-state index in [0.29, 0.717) is 15.4 Å². The van der Waals surface area contributed by atoms with Gasteiger partial charge in [0, 0.05) is 11.2 Å². The summed E-state index contributed by atoms with van der Waals surface area (Å²) in [6.45, 7) is 0. The van der Waals surface area contributed by atoms with Gasteiger partial charge < -0.3 is 10.3 Å². The predicted octanol–water partition coefficient (Wildman–Crippen LogP) is 1.14. The van der Waals surface area contributed by atoms with Gasteiger partial charge in [0.2, 0.25) is 6.20 Å². The second kappa shape index (κ2) is 3.66. The van der Waals surface area contributed by atoms with E-state index >= 15 is 0 Å². The van der Waals surface area contributed by atoms with Gasteiger partial charge in [-0.25, -0.2) is 4.79 Å². The van der Waals surface area contributed by atoms with Gasteiger partial charge in [-0.2, -0.15) is 0 Å². The molecule has 2 aromatic heterocycles. The van der Waals surface area contributed by atoms with Crippen LogP contribution in [0.1, 0.15) is 9.67 Å². The third kappa shape index (κ3) is 1.94. The van der Waals surface area contributed by atoms with Gasteiger partial charge >= 0.3 is 5.97 Å². The predicted molar refractivity (Wildman–Crippen MR) is 53.5 cm³/mol. The topological polar surface area (TPSA) is 77.1 Å². The molecule has 76 valence electrons. The summed E-state index contributed by atoms with van der Waals surface area (Å²) >= 11 is 1.09. The molecule has 2 heterocycles. The van der Waals surface area contributed by atoms with Crippen molar-refractivity contribution in [3.8, 4) is 10.6 Å². The molecular weight excluding hydrogens is 216 g/mol. The molecule has 0 saturated carbocycles. The van der Waals surface area contributed by atoms with Crippen molar-refractivity contribution in [2.24, 2.45) is 0 Å². The van der Waals surface area contributed by atoms with Gasteiger partial charge in [-0.3, -0.25) is 0 Å². The first-order chi connectivity index (χ1) is 7.16. The van der Waals surface area contributed by atoms with Crippen LogP contribution in [0.3, 0.4) is 0 Å². The van der Waals surface area contributed by atoms with Crippen molar-refractivity contribution in [2.75, 3.05) is 0 Å². The van der Waals surface area contributed by atoms with E-state index in [1.165, 1.54) is 12.3 Å². The molecule has 5 nitrogen and oxygen atoms in total. The van der Waals surface area contributed by atoms with Gasteiger partial charge in [0.25, 0.3) is 0 Å². The summed E-state index contributed by atoms with van der Waals surface area (Å²) in [5.74, 6) is -0.975. The van der Waals surface area contributed by atoms with Gasteiger partial charge in [0.05, 0.1) is 4.88 Å². The molecule has 0 saturated heterocycles. The van der Waals surface area contributed by atoms with E-state index in [2.05, 4.69) is 5.10 Å². The van der Waals surface area contributed by atoms with Gasteiger partial charge in [0.15, 0.2) is 0 Å². The molecule has 0 unspecified atom stereocenters. The highest BCUT2D eigenvalue weighted by Crippen LogP contribution is 2.25. The van der Waals surface area contributed by atoms with Crippen molar-refractivity contribution in [3.63, 3.8) is 0 Å². The monoisotopic (exact) mass is 222 g/mol. The van der Waals surface area contributed by atoms with Crippen molar-refractivity contribution >= 4 is 17.3 Å². The summed E-state index contributed by atoms with van der Waals surface area (Å²) in [5, 5.41) is 23.3. The fraction of sp³-hybridized carbons (Fsp3) is 0. The minimum Gasteiger partial charge on any atom is -0.594 e. The Bertz CT molecular complexity index is 510. The number of aromatic carboxylic acids is 1. The highest BCUT2D eigenvalue weighted by molar-refractivity contribution is 7.17. The van der Waals surface area contributed by atoms with Gasteiger partial charge in [-0.1, -0.05) is 4.85 Å². The molecule has 0 aromatic carbocycles. The first-order valence-corrected chi connectivity index (χ1v) is 4.88. The molecule has 0 aliphatic rings. The lowest BCUT2D eigenvalue weighted by atomic mass is 10.3. The van der Waals surface area contributed by atoms with Gasteiger partial charge in [0.1, 0.15) is 10.6 Å². The van der Waals surface area contributed by atoms with E-state index in [1.807, 2.05) is 0 Å². The minimum atomic E-state index is -0.975. The van der Waals surface area contributed by atoms with Crippen molar-refractivity contribution in [2.45, 2.75) is 0 Å². The van der Waals surface area contributed by atoms with Crippen molar-refractivity contribution in [1.29, 1.82) is 0 Å². The number of carboxylic acids is 1. The number of rotatable bonds is 2. The molecule has 0 aliphatic carbocycles. The lowest BCUT2D eigenvalue weighted by Gasteiger charge is -1.94.